The van der Waals surface area contributed by atoms with E-state index in [1.807, 2.05) is 12.1 Å². The Morgan fingerprint density at radius 1 is 1.00 bits per heavy atom. The van der Waals surface area contributed by atoms with E-state index in [9.17, 15) is 22.8 Å². The number of piperidine rings is 1. The largest absolute Gasteiger partial charge is 0.469 e. The van der Waals surface area contributed by atoms with Gasteiger partial charge >= 0.3 is 11.9 Å². The first-order valence-electron chi connectivity index (χ1n) is 11.0. The molecule has 0 bridgehead atoms. The minimum absolute atomic E-state index is 0.0186. The van der Waals surface area contributed by atoms with E-state index >= 15 is 0 Å². The summed E-state index contributed by atoms with van der Waals surface area (Å²) in [7, 11) is -2.52. The van der Waals surface area contributed by atoms with E-state index in [1.54, 1.807) is 17.0 Å². The molecule has 0 spiro atoms. The summed E-state index contributed by atoms with van der Waals surface area (Å²) in [6.07, 6.45) is 1.61. The van der Waals surface area contributed by atoms with Gasteiger partial charge in [-0.2, -0.15) is 0 Å². The average Bonchev–Trinajstić information content (AvgIpc) is 3.32. The van der Waals surface area contributed by atoms with Crippen LogP contribution in [0.25, 0.3) is 0 Å². The van der Waals surface area contributed by atoms with Gasteiger partial charge in [0.15, 0.2) is 6.61 Å². The minimum atomic E-state index is -3.86. The maximum absolute atomic E-state index is 13.2. The van der Waals surface area contributed by atoms with Crippen LogP contribution in [0.15, 0.2) is 53.4 Å². The van der Waals surface area contributed by atoms with Crippen molar-refractivity contribution in [2.24, 2.45) is 5.92 Å². The van der Waals surface area contributed by atoms with Crippen molar-refractivity contribution in [1.29, 1.82) is 0 Å². The van der Waals surface area contributed by atoms with Crippen molar-refractivity contribution < 1.29 is 32.3 Å². The van der Waals surface area contributed by atoms with Crippen LogP contribution in [0.3, 0.4) is 0 Å². The fraction of sp³-hybridized carbons (Fsp3) is 0.375. The number of sulfonamides is 1. The van der Waals surface area contributed by atoms with Crippen LogP contribution in [-0.2, 0) is 35.5 Å². The normalized spacial score (nSPS) is 16.1. The second-order valence-electron chi connectivity index (χ2n) is 8.24. The van der Waals surface area contributed by atoms with Crippen molar-refractivity contribution in [2.45, 2.75) is 24.2 Å². The number of benzene rings is 2. The Balaban J connectivity index is 1.38. The van der Waals surface area contributed by atoms with Crippen LogP contribution in [0.4, 0.5) is 5.69 Å². The second kappa shape index (κ2) is 9.84. The first-order valence-corrected chi connectivity index (χ1v) is 12.5. The number of hydrogen-bond acceptors (Lipinski definition) is 7. The van der Waals surface area contributed by atoms with E-state index in [0.29, 0.717) is 44.6 Å². The average molecular weight is 487 g/mol. The molecule has 34 heavy (non-hydrogen) atoms. The van der Waals surface area contributed by atoms with Gasteiger partial charge in [-0.05, 0) is 49.1 Å². The van der Waals surface area contributed by atoms with Crippen LogP contribution in [0.5, 0.6) is 0 Å². The molecule has 1 amide bonds. The zero-order valence-corrected chi connectivity index (χ0v) is 19.6. The molecule has 2 aromatic carbocycles. The second-order valence-corrected chi connectivity index (χ2v) is 10.1. The quantitative estimate of drug-likeness (QED) is 0.575. The van der Waals surface area contributed by atoms with Gasteiger partial charge in [-0.15, -0.1) is 0 Å². The number of carbonyl (C=O) groups excluding carboxylic acids is 3. The lowest BCUT2D eigenvalue weighted by molar-refractivity contribution is -0.149. The molecule has 0 saturated carbocycles. The van der Waals surface area contributed by atoms with E-state index in [2.05, 4.69) is 0 Å². The number of likely N-dealkylation sites (tertiary alicyclic amines) is 1. The number of fused-ring (bicyclic) bond motifs is 1. The summed E-state index contributed by atoms with van der Waals surface area (Å²) >= 11 is 0. The Morgan fingerprint density at radius 3 is 2.47 bits per heavy atom. The molecule has 0 aromatic heterocycles. The van der Waals surface area contributed by atoms with Crippen LogP contribution in [-0.4, -0.2) is 64.5 Å². The summed E-state index contributed by atoms with van der Waals surface area (Å²) < 4.78 is 37.7. The smallest absolute Gasteiger partial charge is 0.338 e. The van der Waals surface area contributed by atoms with Crippen molar-refractivity contribution in [3.63, 3.8) is 0 Å². The third kappa shape index (κ3) is 4.77. The Labute approximate surface area is 198 Å². The monoisotopic (exact) mass is 486 g/mol. The van der Waals surface area contributed by atoms with Crippen LogP contribution in [0.1, 0.15) is 28.8 Å². The molecule has 0 N–H and O–H groups in total. The van der Waals surface area contributed by atoms with Crippen LogP contribution in [0, 0.1) is 5.92 Å². The van der Waals surface area contributed by atoms with E-state index in [0.717, 1.165) is 5.56 Å². The van der Waals surface area contributed by atoms with E-state index < -0.39 is 22.6 Å². The van der Waals surface area contributed by atoms with E-state index in [-0.39, 0.29) is 28.3 Å². The van der Waals surface area contributed by atoms with Gasteiger partial charge in [0.05, 0.1) is 29.2 Å². The molecule has 9 nitrogen and oxygen atoms in total. The van der Waals surface area contributed by atoms with Gasteiger partial charge in [0.25, 0.3) is 15.9 Å². The number of nitrogens with zero attached hydrogens (tertiary/aromatic N) is 2. The molecule has 2 aliphatic heterocycles. The highest BCUT2D eigenvalue weighted by atomic mass is 32.2. The molecule has 2 aromatic rings. The van der Waals surface area contributed by atoms with Crippen LogP contribution < -0.4 is 4.31 Å². The number of anilines is 1. The minimum Gasteiger partial charge on any atom is -0.469 e. The van der Waals surface area contributed by atoms with Crippen molar-refractivity contribution in [1.82, 2.24) is 4.90 Å². The third-order valence-electron chi connectivity index (χ3n) is 6.21. The molecular formula is C24H26N2O7S. The summed E-state index contributed by atoms with van der Waals surface area (Å²) in [6.45, 7) is 0.623. The molecule has 1 saturated heterocycles. The highest BCUT2D eigenvalue weighted by Crippen LogP contribution is 2.32. The van der Waals surface area contributed by atoms with Gasteiger partial charge in [-0.3, -0.25) is 13.9 Å². The number of methoxy groups -OCH3 is 1. The summed E-state index contributed by atoms with van der Waals surface area (Å²) in [5.74, 6) is -1.67. The Morgan fingerprint density at radius 2 is 1.74 bits per heavy atom. The third-order valence-corrected chi connectivity index (χ3v) is 8.02. The molecule has 4 rings (SSSR count). The number of para-hydroxylation sites is 1. The van der Waals surface area contributed by atoms with Crippen LogP contribution in [0.2, 0.25) is 0 Å². The highest BCUT2D eigenvalue weighted by Gasteiger charge is 2.31. The molecule has 10 heteroatoms. The number of carbonyl (C=O) groups is 3. The number of ether oxygens (including phenoxy) is 2. The van der Waals surface area contributed by atoms with Gasteiger partial charge in [0.1, 0.15) is 0 Å². The van der Waals surface area contributed by atoms with Crippen molar-refractivity contribution in [3.05, 3.63) is 59.7 Å². The van der Waals surface area contributed by atoms with Gasteiger partial charge in [0.2, 0.25) is 0 Å². The summed E-state index contributed by atoms with van der Waals surface area (Å²) in [4.78, 5) is 38.1. The maximum Gasteiger partial charge on any atom is 0.338 e. The molecule has 0 aliphatic carbocycles. The van der Waals surface area contributed by atoms with Crippen molar-refractivity contribution >= 4 is 33.6 Å². The number of amides is 1. The standard InChI is InChI=1S/C24H26N2O7S/c1-32-23(28)18-9-12-25(13-10-18)22(27)16-33-24(29)19-6-4-7-20(15-19)34(30,31)26-14-11-17-5-2-3-8-21(17)26/h2-8,15,18H,9-14,16H2,1H3. The predicted octanol–water partition coefficient (Wildman–Crippen LogP) is 2.01. The van der Waals surface area contributed by atoms with Gasteiger partial charge < -0.3 is 14.4 Å². The van der Waals surface area contributed by atoms with Gasteiger partial charge in [-0.1, -0.05) is 24.3 Å². The molecule has 180 valence electrons. The fourth-order valence-electron chi connectivity index (χ4n) is 4.30. The number of hydrogen-bond donors (Lipinski definition) is 0. The SMILES string of the molecule is COC(=O)C1CCN(C(=O)COC(=O)c2cccc(S(=O)(=O)N3CCc4ccccc43)c2)CC1. The van der Waals surface area contributed by atoms with Gasteiger partial charge in [0, 0.05) is 19.6 Å². The number of esters is 2. The fourth-order valence-corrected chi connectivity index (χ4v) is 5.85. The molecule has 0 unspecified atom stereocenters. The molecule has 0 atom stereocenters. The summed E-state index contributed by atoms with van der Waals surface area (Å²) in [5.41, 5.74) is 1.64. The highest BCUT2D eigenvalue weighted by molar-refractivity contribution is 7.92. The Hall–Kier alpha value is -3.40. The van der Waals surface area contributed by atoms with E-state index in [4.69, 9.17) is 9.47 Å². The first-order chi connectivity index (χ1) is 16.3. The summed E-state index contributed by atoms with van der Waals surface area (Å²) in [6, 6.07) is 12.9. The number of rotatable bonds is 6. The maximum atomic E-state index is 13.2. The Bertz CT molecular complexity index is 1200. The van der Waals surface area contributed by atoms with Gasteiger partial charge in [-0.25, -0.2) is 13.2 Å². The zero-order chi connectivity index (χ0) is 24.3. The molecule has 2 aliphatic rings. The first kappa shape index (κ1) is 23.7. The lowest BCUT2D eigenvalue weighted by Gasteiger charge is -2.30. The summed E-state index contributed by atoms with van der Waals surface area (Å²) in [5, 5.41) is 0. The Kier molecular flexibility index (Phi) is 6.87. The molecular weight excluding hydrogens is 460 g/mol. The lowest BCUT2D eigenvalue weighted by atomic mass is 9.97. The molecule has 1 fully saturated rings. The van der Waals surface area contributed by atoms with E-state index in [1.165, 1.54) is 35.7 Å². The molecule has 0 radical (unpaired) electrons. The topological polar surface area (TPSA) is 110 Å². The lowest BCUT2D eigenvalue weighted by Crippen LogP contribution is -2.42. The zero-order valence-electron chi connectivity index (χ0n) is 18.8. The van der Waals surface area contributed by atoms with Crippen LogP contribution >= 0.6 is 0 Å². The van der Waals surface area contributed by atoms with Crippen molar-refractivity contribution in [3.8, 4) is 0 Å². The van der Waals surface area contributed by atoms with Crippen molar-refractivity contribution in [2.75, 3.05) is 37.7 Å². The predicted molar refractivity (Wildman–Crippen MR) is 123 cm³/mol. The molecule has 2 heterocycles.